The highest BCUT2D eigenvalue weighted by atomic mass is 16.3. The zero-order valence-corrected chi connectivity index (χ0v) is 5.37. The fourth-order valence-corrected chi connectivity index (χ4v) is 0.340. The lowest BCUT2D eigenvalue weighted by Crippen LogP contribution is -2.21. The third kappa shape index (κ3) is 2.66. The number of amides is 1. The van der Waals surface area contributed by atoms with E-state index in [2.05, 4.69) is 18.2 Å². The molecule has 0 saturated carbocycles. The molecule has 0 aromatic rings. The molecule has 0 unspecified atom stereocenters. The average molecular weight is 140 g/mol. The minimum absolute atomic E-state index is 0.104. The third-order valence-corrected chi connectivity index (χ3v) is 0.695. The molecule has 4 nitrogen and oxygen atoms in total. The van der Waals surface area contributed by atoms with Crippen molar-refractivity contribution in [2.75, 3.05) is 0 Å². The highest BCUT2D eigenvalue weighted by Gasteiger charge is 2.00. The number of rotatable bonds is 3. The first-order valence-electron chi connectivity index (χ1n) is 2.46. The Bertz CT molecular complexity index is 206. The monoisotopic (exact) mass is 140 g/mol. The van der Waals surface area contributed by atoms with E-state index in [0.717, 1.165) is 6.08 Å². The van der Waals surface area contributed by atoms with Crippen LogP contribution in [-0.2, 0) is 4.79 Å². The smallest absolute Gasteiger partial charge is 0.267 e. The lowest BCUT2D eigenvalue weighted by Gasteiger charge is -1.91. The van der Waals surface area contributed by atoms with Gasteiger partial charge in [0.1, 0.15) is 5.71 Å². The Labute approximate surface area is 58.4 Å². The predicted molar refractivity (Wildman–Crippen MR) is 38.6 cm³/mol. The van der Waals surface area contributed by atoms with Gasteiger partial charge in [-0.05, 0) is 12.7 Å². The van der Waals surface area contributed by atoms with Gasteiger partial charge < -0.3 is 10.8 Å². The number of aliphatic imine (C=N–C) groups is 1. The molecule has 0 rings (SSSR count). The normalized spacial score (nSPS) is 10.6. The molecule has 0 aliphatic heterocycles. The predicted octanol–water partition coefficient (Wildman–Crippen LogP) is 0.128. The first kappa shape index (κ1) is 8.42. The van der Waals surface area contributed by atoms with Crippen molar-refractivity contribution < 1.29 is 9.90 Å². The molecule has 0 saturated heterocycles. The molecule has 4 heteroatoms. The zero-order chi connectivity index (χ0) is 8.15. The maximum atomic E-state index is 10.3. The lowest BCUT2D eigenvalue weighted by atomic mass is 10.3. The Hall–Kier alpha value is -1.58. The van der Waals surface area contributed by atoms with Crippen molar-refractivity contribution in [1.82, 2.24) is 0 Å². The Kier molecular flexibility index (Phi) is 2.90. The largest absolute Gasteiger partial charge is 0.494 e. The van der Waals surface area contributed by atoms with Crippen LogP contribution in [0.15, 0.2) is 30.1 Å². The van der Waals surface area contributed by atoms with Crippen molar-refractivity contribution in [3.8, 4) is 0 Å². The summed E-state index contributed by atoms with van der Waals surface area (Å²) < 4.78 is 0. The molecule has 0 aliphatic rings. The summed E-state index contributed by atoms with van der Waals surface area (Å²) in [4.78, 5) is 13.6. The summed E-state index contributed by atoms with van der Waals surface area (Å²) in [5.41, 5.74) is 4.70. The molecule has 1 amide bonds. The molecular formula is C6H8N2O2. The number of aliphatic hydroxyl groups excluding tert-OH is 1. The van der Waals surface area contributed by atoms with Gasteiger partial charge in [0.05, 0.1) is 0 Å². The van der Waals surface area contributed by atoms with Crippen LogP contribution in [0.1, 0.15) is 0 Å². The van der Waals surface area contributed by atoms with E-state index in [9.17, 15) is 4.79 Å². The van der Waals surface area contributed by atoms with Crippen molar-refractivity contribution in [1.29, 1.82) is 0 Å². The maximum Gasteiger partial charge on any atom is 0.267 e. The van der Waals surface area contributed by atoms with Crippen LogP contribution >= 0.6 is 0 Å². The van der Waals surface area contributed by atoms with Crippen LogP contribution in [0, 0.1) is 0 Å². The fraction of sp³-hybridized carbons (Fsp3) is 0. The number of hydrogen-bond donors (Lipinski definition) is 2. The van der Waals surface area contributed by atoms with E-state index < -0.39 is 11.8 Å². The van der Waals surface area contributed by atoms with Gasteiger partial charge >= 0.3 is 0 Å². The van der Waals surface area contributed by atoms with Crippen molar-refractivity contribution in [3.63, 3.8) is 0 Å². The molecule has 0 fully saturated rings. The number of hydrogen-bond acceptors (Lipinski definition) is 3. The summed E-state index contributed by atoms with van der Waals surface area (Å²) in [5, 5.41) is 8.47. The van der Waals surface area contributed by atoms with Gasteiger partial charge in [0.15, 0.2) is 0 Å². The van der Waals surface area contributed by atoms with Gasteiger partial charge in [-0.2, -0.15) is 0 Å². The van der Waals surface area contributed by atoms with Crippen LogP contribution < -0.4 is 5.73 Å². The topological polar surface area (TPSA) is 75.7 Å². The SMILES string of the molecule is C=CC(=NC(=C)O)C(N)=O. The molecule has 3 N–H and O–H groups in total. The first-order valence-corrected chi connectivity index (χ1v) is 2.46. The lowest BCUT2D eigenvalue weighted by molar-refractivity contribution is -0.111. The molecule has 0 spiro atoms. The van der Waals surface area contributed by atoms with E-state index in [1.807, 2.05) is 0 Å². The minimum atomic E-state index is -0.745. The second-order valence-electron chi connectivity index (χ2n) is 1.48. The van der Waals surface area contributed by atoms with Crippen LogP contribution in [0.25, 0.3) is 0 Å². The van der Waals surface area contributed by atoms with Crippen LogP contribution in [0.4, 0.5) is 0 Å². The molecular weight excluding hydrogens is 132 g/mol. The van der Waals surface area contributed by atoms with Gasteiger partial charge in [-0.15, -0.1) is 0 Å². The second kappa shape index (κ2) is 3.45. The molecule has 0 radical (unpaired) electrons. The highest BCUT2D eigenvalue weighted by Crippen LogP contribution is 1.87. The maximum absolute atomic E-state index is 10.3. The molecule has 0 heterocycles. The minimum Gasteiger partial charge on any atom is -0.494 e. The van der Waals surface area contributed by atoms with Gasteiger partial charge in [0, 0.05) is 0 Å². The Balaban J connectivity index is 4.49. The number of carbonyl (C=O) groups is 1. The summed E-state index contributed by atoms with van der Waals surface area (Å²) in [6, 6.07) is 0. The Morgan fingerprint density at radius 1 is 1.70 bits per heavy atom. The molecule has 0 aromatic carbocycles. The second-order valence-corrected chi connectivity index (χ2v) is 1.48. The van der Waals surface area contributed by atoms with E-state index in [1.54, 1.807) is 0 Å². The Morgan fingerprint density at radius 2 is 2.20 bits per heavy atom. The number of primary amides is 1. The van der Waals surface area contributed by atoms with Gasteiger partial charge in [0.25, 0.3) is 5.91 Å². The third-order valence-electron chi connectivity index (χ3n) is 0.695. The van der Waals surface area contributed by atoms with Gasteiger partial charge in [-0.25, -0.2) is 4.99 Å². The quantitative estimate of drug-likeness (QED) is 0.431. The highest BCUT2D eigenvalue weighted by molar-refractivity contribution is 6.42. The molecule has 0 aromatic heterocycles. The van der Waals surface area contributed by atoms with Crippen LogP contribution in [0.3, 0.4) is 0 Å². The van der Waals surface area contributed by atoms with Gasteiger partial charge in [-0.3, -0.25) is 4.79 Å². The van der Waals surface area contributed by atoms with E-state index in [4.69, 9.17) is 10.8 Å². The van der Waals surface area contributed by atoms with Crippen molar-refractivity contribution in [2.24, 2.45) is 10.7 Å². The molecule has 0 atom stereocenters. The van der Waals surface area contributed by atoms with Crippen LogP contribution in [-0.4, -0.2) is 16.7 Å². The van der Waals surface area contributed by atoms with Crippen LogP contribution in [0.5, 0.6) is 0 Å². The summed E-state index contributed by atoms with van der Waals surface area (Å²) in [6.45, 7) is 6.29. The van der Waals surface area contributed by atoms with E-state index in [1.165, 1.54) is 0 Å². The first-order chi connectivity index (χ1) is 4.57. The fourth-order valence-electron chi connectivity index (χ4n) is 0.340. The van der Waals surface area contributed by atoms with Crippen molar-refractivity contribution >= 4 is 11.6 Å². The molecule has 0 aliphatic carbocycles. The molecule has 10 heavy (non-hydrogen) atoms. The number of aliphatic hydroxyl groups is 1. The number of carbonyl (C=O) groups excluding carboxylic acids is 1. The molecule has 54 valence electrons. The van der Waals surface area contributed by atoms with Crippen molar-refractivity contribution in [2.45, 2.75) is 0 Å². The summed E-state index contributed by atoms with van der Waals surface area (Å²) in [6.07, 6.45) is 1.14. The number of nitrogens with zero attached hydrogens (tertiary/aromatic N) is 1. The number of nitrogens with two attached hydrogens (primary N) is 1. The van der Waals surface area contributed by atoms with Gasteiger partial charge in [-0.1, -0.05) is 6.58 Å². The van der Waals surface area contributed by atoms with E-state index in [0.29, 0.717) is 0 Å². The summed E-state index contributed by atoms with van der Waals surface area (Å²) in [5.74, 6) is -1.21. The standard InChI is InChI=1S/C6H8N2O2/c1-3-5(6(7)10)8-4(2)9/h3,9H,1-2H2,(H2,7,10). The van der Waals surface area contributed by atoms with E-state index in [-0.39, 0.29) is 5.71 Å². The zero-order valence-electron chi connectivity index (χ0n) is 5.37. The van der Waals surface area contributed by atoms with E-state index >= 15 is 0 Å². The molecule has 0 bridgehead atoms. The summed E-state index contributed by atoms with van der Waals surface area (Å²) in [7, 11) is 0. The van der Waals surface area contributed by atoms with Gasteiger partial charge in [0.2, 0.25) is 5.88 Å². The van der Waals surface area contributed by atoms with Crippen LogP contribution in [0.2, 0.25) is 0 Å². The van der Waals surface area contributed by atoms with Crippen molar-refractivity contribution in [3.05, 3.63) is 25.1 Å². The summed E-state index contributed by atoms with van der Waals surface area (Å²) >= 11 is 0. The average Bonchev–Trinajstić information content (AvgIpc) is 1.81. The Morgan fingerprint density at radius 3 is 2.30 bits per heavy atom.